The number of urea groups is 1. The molecule has 3 nitrogen and oxygen atoms in total. The molecule has 1 rings (SSSR count). The lowest BCUT2D eigenvalue weighted by molar-refractivity contribution is 0.252. The molecule has 27 heavy (non-hydrogen) atoms. The highest BCUT2D eigenvalue weighted by Crippen LogP contribution is 2.14. The number of carbonyl (C=O) groups is 1. The molecule has 1 aromatic rings. The van der Waals surface area contributed by atoms with Crippen molar-refractivity contribution in [3.8, 4) is 0 Å². The van der Waals surface area contributed by atoms with Crippen molar-refractivity contribution in [3.63, 3.8) is 0 Å². The molecule has 0 aliphatic rings. The Kier molecular flexibility index (Phi) is 15.2. The van der Waals surface area contributed by atoms with Gasteiger partial charge in [0.1, 0.15) is 0 Å². The van der Waals surface area contributed by atoms with Crippen molar-refractivity contribution in [1.29, 1.82) is 0 Å². The Labute approximate surface area is 175 Å². The van der Waals surface area contributed by atoms with Gasteiger partial charge in [-0.25, -0.2) is 4.79 Å². The van der Waals surface area contributed by atoms with Gasteiger partial charge < -0.3 is 10.6 Å². The predicted octanol–water partition coefficient (Wildman–Crippen LogP) is 8.05. The molecule has 0 saturated carbocycles. The monoisotopic (exact) mass is 438 g/mol. The van der Waals surface area contributed by atoms with Crippen LogP contribution in [-0.4, -0.2) is 12.6 Å². The van der Waals surface area contributed by atoms with Crippen LogP contribution in [0.5, 0.6) is 0 Å². The van der Waals surface area contributed by atoms with E-state index in [1.165, 1.54) is 83.5 Å². The number of anilines is 1. The van der Waals surface area contributed by atoms with Gasteiger partial charge in [-0.1, -0.05) is 106 Å². The van der Waals surface area contributed by atoms with Gasteiger partial charge in [0.05, 0.1) is 0 Å². The Hall–Kier alpha value is -1.03. The molecule has 0 radical (unpaired) electrons. The minimum Gasteiger partial charge on any atom is -0.338 e. The summed E-state index contributed by atoms with van der Waals surface area (Å²) in [5.41, 5.74) is 0.816. The number of carbonyl (C=O) groups excluding carboxylic acids is 1. The van der Waals surface area contributed by atoms with Gasteiger partial charge in [0.25, 0.3) is 0 Å². The SMILES string of the molecule is CCCCCCCCCCCCCCCCNC(=O)Nc1ccc(Br)cc1. The maximum Gasteiger partial charge on any atom is 0.319 e. The smallest absolute Gasteiger partial charge is 0.319 e. The van der Waals surface area contributed by atoms with Crippen LogP contribution in [0.25, 0.3) is 0 Å². The molecule has 2 N–H and O–H groups in total. The Morgan fingerprint density at radius 2 is 1.19 bits per heavy atom. The number of halogens is 1. The fraction of sp³-hybridized carbons (Fsp3) is 0.696. The van der Waals surface area contributed by atoms with E-state index in [-0.39, 0.29) is 6.03 Å². The van der Waals surface area contributed by atoms with Crippen LogP contribution >= 0.6 is 15.9 Å². The summed E-state index contributed by atoms with van der Waals surface area (Å²) in [5, 5.41) is 5.78. The fourth-order valence-corrected chi connectivity index (χ4v) is 3.49. The van der Waals surface area contributed by atoms with E-state index in [1.54, 1.807) is 0 Å². The van der Waals surface area contributed by atoms with E-state index in [9.17, 15) is 4.79 Å². The van der Waals surface area contributed by atoms with Crippen molar-refractivity contribution >= 4 is 27.6 Å². The van der Waals surface area contributed by atoms with Gasteiger partial charge in [0.15, 0.2) is 0 Å². The van der Waals surface area contributed by atoms with E-state index in [2.05, 4.69) is 33.5 Å². The molecule has 0 fully saturated rings. The van der Waals surface area contributed by atoms with Crippen LogP contribution in [0.1, 0.15) is 96.8 Å². The highest BCUT2D eigenvalue weighted by Gasteiger charge is 2.00. The van der Waals surface area contributed by atoms with E-state index >= 15 is 0 Å². The maximum atomic E-state index is 11.8. The Morgan fingerprint density at radius 1 is 0.741 bits per heavy atom. The summed E-state index contributed by atoms with van der Waals surface area (Å²) in [6.45, 7) is 3.03. The number of hydrogen-bond acceptors (Lipinski definition) is 1. The molecule has 0 aliphatic carbocycles. The first-order valence-electron chi connectivity index (χ1n) is 11.0. The third-order valence-electron chi connectivity index (χ3n) is 4.92. The number of unbranched alkanes of at least 4 members (excludes halogenated alkanes) is 13. The molecule has 0 atom stereocenters. The molecule has 0 aromatic heterocycles. The van der Waals surface area contributed by atoms with Crippen molar-refractivity contribution in [2.24, 2.45) is 0 Å². The summed E-state index contributed by atoms with van der Waals surface area (Å²) < 4.78 is 1.01. The third kappa shape index (κ3) is 14.7. The van der Waals surface area contributed by atoms with Gasteiger partial charge in [0.2, 0.25) is 0 Å². The van der Waals surface area contributed by atoms with Gasteiger partial charge in [-0.15, -0.1) is 0 Å². The average Bonchev–Trinajstić information content (AvgIpc) is 2.66. The summed E-state index contributed by atoms with van der Waals surface area (Å²) >= 11 is 3.39. The second-order valence-electron chi connectivity index (χ2n) is 7.48. The van der Waals surface area contributed by atoms with Gasteiger partial charge in [-0.3, -0.25) is 0 Å². The summed E-state index contributed by atoms with van der Waals surface area (Å²) in [7, 11) is 0. The van der Waals surface area contributed by atoms with Gasteiger partial charge in [-0.05, 0) is 30.7 Å². The molecular weight excluding hydrogens is 400 g/mol. The van der Waals surface area contributed by atoms with E-state index < -0.39 is 0 Å². The average molecular weight is 439 g/mol. The second-order valence-corrected chi connectivity index (χ2v) is 8.40. The number of nitrogens with one attached hydrogen (secondary N) is 2. The predicted molar refractivity (Wildman–Crippen MR) is 121 cm³/mol. The molecule has 0 aliphatic heterocycles. The van der Waals surface area contributed by atoms with Crippen molar-refractivity contribution in [1.82, 2.24) is 5.32 Å². The zero-order valence-corrected chi connectivity index (χ0v) is 18.8. The van der Waals surface area contributed by atoms with Crippen LogP contribution in [0.4, 0.5) is 10.5 Å². The topological polar surface area (TPSA) is 41.1 Å². The molecule has 0 unspecified atom stereocenters. The maximum absolute atomic E-state index is 11.8. The van der Waals surface area contributed by atoms with Crippen molar-refractivity contribution in [2.45, 2.75) is 96.8 Å². The Morgan fingerprint density at radius 3 is 1.67 bits per heavy atom. The Bertz CT molecular complexity index is 476. The van der Waals surface area contributed by atoms with Crippen LogP contribution in [0.3, 0.4) is 0 Å². The number of amides is 2. The lowest BCUT2D eigenvalue weighted by atomic mass is 10.0. The van der Waals surface area contributed by atoms with Crippen molar-refractivity contribution in [3.05, 3.63) is 28.7 Å². The van der Waals surface area contributed by atoms with Crippen LogP contribution in [-0.2, 0) is 0 Å². The molecule has 1 aromatic carbocycles. The first-order chi connectivity index (χ1) is 13.2. The van der Waals surface area contributed by atoms with Crippen molar-refractivity contribution in [2.75, 3.05) is 11.9 Å². The number of rotatable bonds is 16. The van der Waals surface area contributed by atoms with E-state index in [1.807, 2.05) is 24.3 Å². The highest BCUT2D eigenvalue weighted by molar-refractivity contribution is 9.10. The molecule has 2 amide bonds. The first-order valence-corrected chi connectivity index (χ1v) is 11.8. The lowest BCUT2D eigenvalue weighted by Gasteiger charge is -2.07. The molecule has 0 spiro atoms. The van der Waals surface area contributed by atoms with Gasteiger partial charge in [-0.2, -0.15) is 0 Å². The second kappa shape index (κ2) is 17.1. The molecule has 4 heteroatoms. The number of benzene rings is 1. The molecule has 154 valence electrons. The minimum absolute atomic E-state index is 0.119. The summed E-state index contributed by atoms with van der Waals surface area (Å²) in [4.78, 5) is 11.8. The summed E-state index contributed by atoms with van der Waals surface area (Å²) in [5.74, 6) is 0. The van der Waals surface area contributed by atoms with Crippen LogP contribution in [0.2, 0.25) is 0 Å². The quantitative estimate of drug-likeness (QED) is 0.251. The van der Waals surface area contributed by atoms with Gasteiger partial charge in [0, 0.05) is 16.7 Å². The zero-order chi connectivity index (χ0) is 19.6. The summed E-state index contributed by atoms with van der Waals surface area (Å²) in [6, 6.07) is 7.49. The highest BCUT2D eigenvalue weighted by atomic mass is 79.9. The van der Waals surface area contributed by atoms with E-state index in [4.69, 9.17) is 0 Å². The Balaban J connectivity index is 1.81. The standard InChI is InChI=1S/C23H39BrN2O/c1-2-3-4-5-6-7-8-9-10-11-12-13-14-15-20-25-23(27)26-22-18-16-21(24)17-19-22/h16-19H,2-15,20H2,1H3,(H2,25,26,27). The van der Waals surface area contributed by atoms with E-state index in [0.717, 1.165) is 23.1 Å². The lowest BCUT2D eigenvalue weighted by Crippen LogP contribution is -2.29. The molecule has 0 saturated heterocycles. The first kappa shape index (κ1) is 24.0. The molecule has 0 heterocycles. The van der Waals surface area contributed by atoms with Gasteiger partial charge >= 0.3 is 6.03 Å². The zero-order valence-electron chi connectivity index (χ0n) is 17.2. The largest absolute Gasteiger partial charge is 0.338 e. The van der Waals surface area contributed by atoms with Crippen molar-refractivity contribution < 1.29 is 4.79 Å². The van der Waals surface area contributed by atoms with Crippen LogP contribution in [0.15, 0.2) is 28.7 Å². The minimum atomic E-state index is -0.119. The van der Waals surface area contributed by atoms with E-state index in [0.29, 0.717) is 0 Å². The number of hydrogen-bond donors (Lipinski definition) is 2. The summed E-state index contributed by atoms with van der Waals surface area (Å²) in [6.07, 6.45) is 18.9. The van der Waals surface area contributed by atoms with Crippen LogP contribution < -0.4 is 10.6 Å². The fourth-order valence-electron chi connectivity index (χ4n) is 3.23. The molecular formula is C23H39BrN2O. The third-order valence-corrected chi connectivity index (χ3v) is 5.45. The van der Waals surface area contributed by atoms with Crippen LogP contribution in [0, 0.1) is 0 Å². The molecule has 0 bridgehead atoms. The normalized spacial score (nSPS) is 10.7.